The number of ether oxygens (including phenoxy) is 1. The molecule has 2 amide bonds. The minimum Gasteiger partial charge on any atom is -0.457 e. The Morgan fingerprint density at radius 1 is 0.765 bits per heavy atom. The van der Waals surface area contributed by atoms with E-state index in [4.69, 9.17) is 17.0 Å². The number of hydrogen-bond acceptors (Lipinski definition) is 4. The summed E-state index contributed by atoms with van der Waals surface area (Å²) in [6, 6.07) is 27.8. The zero-order chi connectivity index (χ0) is 23.5. The fourth-order valence-electron chi connectivity index (χ4n) is 3.63. The number of para-hydroxylation sites is 1. The summed E-state index contributed by atoms with van der Waals surface area (Å²) in [5, 5.41) is 2.65. The number of benzene rings is 3. The summed E-state index contributed by atoms with van der Waals surface area (Å²) in [4.78, 5) is 27.3. The molecule has 0 radical (unpaired) electrons. The van der Waals surface area contributed by atoms with Crippen LogP contribution in [-0.4, -0.2) is 21.5 Å². The molecule has 7 heteroatoms. The fourth-order valence-corrected chi connectivity index (χ4v) is 3.91. The second-order valence-corrected chi connectivity index (χ2v) is 7.94. The van der Waals surface area contributed by atoms with Crippen molar-refractivity contribution in [3.8, 4) is 17.2 Å². The first-order valence-electron chi connectivity index (χ1n) is 10.6. The van der Waals surface area contributed by atoms with Crippen LogP contribution in [-0.2, 0) is 9.59 Å². The molecule has 0 spiro atoms. The normalized spacial score (nSPS) is 14.9. The van der Waals surface area contributed by atoms with Crippen molar-refractivity contribution in [2.75, 3.05) is 4.90 Å². The second kappa shape index (κ2) is 9.17. The first kappa shape index (κ1) is 21.4. The van der Waals surface area contributed by atoms with E-state index < -0.39 is 11.8 Å². The largest absolute Gasteiger partial charge is 0.457 e. The Labute approximate surface area is 201 Å². The van der Waals surface area contributed by atoms with Gasteiger partial charge in [0.2, 0.25) is 0 Å². The average Bonchev–Trinajstić information content (AvgIpc) is 3.39. The maximum Gasteiger partial charge on any atom is 0.270 e. The molecule has 5 rings (SSSR count). The Morgan fingerprint density at radius 2 is 1.47 bits per heavy atom. The lowest BCUT2D eigenvalue weighted by Crippen LogP contribution is -2.54. The molecule has 2 heterocycles. The van der Waals surface area contributed by atoms with Gasteiger partial charge in [0.1, 0.15) is 17.1 Å². The minimum absolute atomic E-state index is 0.00266. The van der Waals surface area contributed by atoms with Crippen molar-refractivity contribution in [3.05, 3.63) is 115 Å². The number of amides is 2. The van der Waals surface area contributed by atoms with Crippen LogP contribution in [0.2, 0.25) is 0 Å². The van der Waals surface area contributed by atoms with Gasteiger partial charge in [-0.25, -0.2) is 0 Å². The lowest BCUT2D eigenvalue weighted by Gasteiger charge is -2.29. The monoisotopic (exact) mass is 465 g/mol. The van der Waals surface area contributed by atoms with Gasteiger partial charge in [0, 0.05) is 18.1 Å². The first-order chi connectivity index (χ1) is 16.6. The third kappa shape index (κ3) is 4.37. The zero-order valence-corrected chi connectivity index (χ0v) is 18.7. The summed E-state index contributed by atoms with van der Waals surface area (Å²) in [5.74, 6) is 0.310. The van der Waals surface area contributed by atoms with Crippen molar-refractivity contribution in [3.63, 3.8) is 0 Å². The summed E-state index contributed by atoms with van der Waals surface area (Å²) >= 11 is 5.30. The number of anilines is 1. The van der Waals surface area contributed by atoms with Crippen LogP contribution in [0.4, 0.5) is 5.69 Å². The Bertz CT molecular complexity index is 1390. The average molecular weight is 466 g/mol. The molecule has 0 atom stereocenters. The van der Waals surface area contributed by atoms with E-state index in [1.165, 1.54) is 4.90 Å². The molecule has 3 aromatic carbocycles. The lowest BCUT2D eigenvalue weighted by atomic mass is 10.1. The highest BCUT2D eigenvalue weighted by Crippen LogP contribution is 2.27. The smallest absolute Gasteiger partial charge is 0.270 e. The van der Waals surface area contributed by atoms with Gasteiger partial charge >= 0.3 is 0 Å². The first-order valence-corrected chi connectivity index (χ1v) is 11.0. The van der Waals surface area contributed by atoms with Gasteiger partial charge in [0.05, 0.1) is 5.69 Å². The Morgan fingerprint density at radius 3 is 2.21 bits per heavy atom. The summed E-state index contributed by atoms with van der Waals surface area (Å²) in [7, 11) is 0. The van der Waals surface area contributed by atoms with Gasteiger partial charge in [-0.3, -0.25) is 19.8 Å². The highest BCUT2D eigenvalue weighted by Gasteiger charge is 2.34. The number of hydrogen-bond donors (Lipinski definition) is 1. The molecule has 34 heavy (non-hydrogen) atoms. The van der Waals surface area contributed by atoms with Crippen LogP contribution >= 0.6 is 12.2 Å². The van der Waals surface area contributed by atoms with E-state index >= 15 is 0 Å². The van der Waals surface area contributed by atoms with Crippen molar-refractivity contribution >= 4 is 40.9 Å². The molecule has 0 unspecified atom stereocenters. The molecule has 4 aromatic rings. The SMILES string of the molecule is O=C1NC(=S)N(c2ccc(Oc3ccccc3)cc2)C(=O)C1=Cc1cccc(-n2cccc2)c1. The van der Waals surface area contributed by atoms with Crippen LogP contribution in [0.5, 0.6) is 11.5 Å². The highest BCUT2D eigenvalue weighted by atomic mass is 32.1. The molecule has 1 aliphatic heterocycles. The maximum absolute atomic E-state index is 13.3. The van der Waals surface area contributed by atoms with E-state index in [-0.39, 0.29) is 10.7 Å². The molecular formula is C27H19N3O3S. The molecular weight excluding hydrogens is 446 g/mol. The maximum atomic E-state index is 13.3. The van der Waals surface area contributed by atoms with Gasteiger partial charge in [-0.2, -0.15) is 0 Å². The number of carbonyl (C=O) groups is 2. The Balaban J connectivity index is 1.41. The topological polar surface area (TPSA) is 63.6 Å². The lowest BCUT2D eigenvalue weighted by molar-refractivity contribution is -0.122. The van der Waals surface area contributed by atoms with Crippen LogP contribution in [0.1, 0.15) is 5.56 Å². The predicted octanol–water partition coefficient (Wildman–Crippen LogP) is 5.10. The molecule has 0 saturated carbocycles. The molecule has 1 aromatic heterocycles. The third-order valence-corrected chi connectivity index (χ3v) is 5.54. The van der Waals surface area contributed by atoms with Crippen molar-refractivity contribution in [1.29, 1.82) is 0 Å². The standard InChI is InChI=1S/C27H19N3O3S/c31-25-24(18-19-7-6-8-21(17-19)29-15-4-5-16-29)26(32)30(27(34)28-25)20-11-13-23(14-12-20)33-22-9-2-1-3-10-22/h1-18H,(H,28,31,34). The molecule has 6 nitrogen and oxygen atoms in total. The summed E-state index contributed by atoms with van der Waals surface area (Å²) in [5.41, 5.74) is 2.18. The van der Waals surface area contributed by atoms with Gasteiger partial charge in [0.25, 0.3) is 11.8 Å². The van der Waals surface area contributed by atoms with Crippen molar-refractivity contribution < 1.29 is 14.3 Å². The summed E-state index contributed by atoms with van der Waals surface area (Å²) < 4.78 is 7.76. The number of aromatic nitrogens is 1. The summed E-state index contributed by atoms with van der Waals surface area (Å²) in [6.07, 6.45) is 5.43. The van der Waals surface area contributed by atoms with E-state index in [2.05, 4.69) is 5.32 Å². The van der Waals surface area contributed by atoms with Crippen LogP contribution in [0, 0.1) is 0 Å². The molecule has 1 aliphatic rings. The molecule has 1 fully saturated rings. The van der Waals surface area contributed by atoms with Crippen LogP contribution in [0.15, 0.2) is 109 Å². The van der Waals surface area contributed by atoms with Gasteiger partial charge in [-0.1, -0.05) is 30.3 Å². The molecule has 0 aliphatic carbocycles. The molecule has 1 N–H and O–H groups in total. The zero-order valence-electron chi connectivity index (χ0n) is 17.9. The van der Waals surface area contributed by atoms with E-state index in [9.17, 15) is 9.59 Å². The van der Waals surface area contributed by atoms with Crippen LogP contribution in [0.3, 0.4) is 0 Å². The van der Waals surface area contributed by atoms with Crippen molar-refractivity contribution in [2.45, 2.75) is 0 Å². The fraction of sp³-hybridized carbons (Fsp3) is 0. The van der Waals surface area contributed by atoms with Crippen molar-refractivity contribution in [1.82, 2.24) is 9.88 Å². The molecule has 1 saturated heterocycles. The van der Waals surface area contributed by atoms with Crippen LogP contribution < -0.4 is 15.0 Å². The van der Waals surface area contributed by atoms with E-state index in [0.29, 0.717) is 17.2 Å². The number of nitrogens with zero attached hydrogens (tertiary/aromatic N) is 2. The predicted molar refractivity (Wildman–Crippen MR) is 135 cm³/mol. The molecule has 166 valence electrons. The third-order valence-electron chi connectivity index (χ3n) is 5.26. The van der Waals surface area contributed by atoms with E-state index in [1.807, 2.05) is 83.7 Å². The number of carbonyl (C=O) groups excluding carboxylic acids is 2. The molecule has 0 bridgehead atoms. The second-order valence-electron chi connectivity index (χ2n) is 7.55. The number of rotatable bonds is 5. The van der Waals surface area contributed by atoms with Gasteiger partial charge in [-0.15, -0.1) is 0 Å². The van der Waals surface area contributed by atoms with E-state index in [1.54, 1.807) is 30.3 Å². The van der Waals surface area contributed by atoms with E-state index in [0.717, 1.165) is 11.3 Å². The number of nitrogens with one attached hydrogen (secondary N) is 1. The van der Waals surface area contributed by atoms with Gasteiger partial charge < -0.3 is 9.30 Å². The Kier molecular flexibility index (Phi) is 5.76. The van der Waals surface area contributed by atoms with Crippen LogP contribution in [0.25, 0.3) is 11.8 Å². The van der Waals surface area contributed by atoms with Gasteiger partial charge in [-0.05, 0) is 84.5 Å². The minimum atomic E-state index is -0.526. The van der Waals surface area contributed by atoms with Crippen molar-refractivity contribution in [2.24, 2.45) is 0 Å². The Hall–Kier alpha value is -4.49. The summed E-state index contributed by atoms with van der Waals surface area (Å²) in [6.45, 7) is 0. The highest BCUT2D eigenvalue weighted by molar-refractivity contribution is 7.80. The number of thiocarbonyl (C=S) groups is 1. The van der Waals surface area contributed by atoms with Gasteiger partial charge in [0.15, 0.2) is 5.11 Å². The quantitative estimate of drug-likeness (QED) is 0.253.